The van der Waals surface area contributed by atoms with Gasteiger partial charge in [-0.2, -0.15) is 0 Å². The minimum Gasteiger partial charge on any atom is -0.330 e. The third-order valence-electron chi connectivity index (χ3n) is 4.52. The molecular weight excluding hydrogens is 170 g/mol. The second kappa shape index (κ2) is 3.84. The van der Waals surface area contributed by atoms with E-state index in [1.165, 1.54) is 32.1 Å². The van der Waals surface area contributed by atoms with Gasteiger partial charge in [-0.1, -0.05) is 20.3 Å². The van der Waals surface area contributed by atoms with Crippen LogP contribution in [0.1, 0.15) is 52.4 Å². The van der Waals surface area contributed by atoms with Crippen LogP contribution < -0.4 is 5.73 Å². The Morgan fingerprint density at radius 1 is 1.21 bits per heavy atom. The van der Waals surface area contributed by atoms with Crippen LogP contribution in [-0.4, -0.2) is 6.54 Å². The van der Waals surface area contributed by atoms with Crippen LogP contribution in [0.5, 0.6) is 0 Å². The Morgan fingerprint density at radius 3 is 2.50 bits per heavy atom. The highest BCUT2D eigenvalue weighted by atomic mass is 14.5. The van der Waals surface area contributed by atoms with E-state index in [2.05, 4.69) is 13.8 Å². The lowest BCUT2D eigenvalue weighted by Crippen LogP contribution is -2.23. The predicted molar refractivity (Wildman–Crippen MR) is 61.0 cm³/mol. The van der Waals surface area contributed by atoms with Gasteiger partial charge in [-0.25, -0.2) is 0 Å². The molecule has 0 spiro atoms. The summed E-state index contributed by atoms with van der Waals surface area (Å²) in [5.41, 5.74) is 6.15. The SMILES string of the molecule is CC(C)(CCN)CC1CC2CCC1C2. The Morgan fingerprint density at radius 2 is 2.00 bits per heavy atom. The van der Waals surface area contributed by atoms with E-state index >= 15 is 0 Å². The van der Waals surface area contributed by atoms with Gasteiger partial charge in [-0.05, 0) is 61.8 Å². The second-order valence-electron chi connectivity index (χ2n) is 6.34. The minimum atomic E-state index is 0.490. The van der Waals surface area contributed by atoms with Gasteiger partial charge in [0.1, 0.15) is 0 Å². The highest BCUT2D eigenvalue weighted by molar-refractivity contribution is 4.92. The van der Waals surface area contributed by atoms with Crippen LogP contribution in [-0.2, 0) is 0 Å². The summed E-state index contributed by atoms with van der Waals surface area (Å²) in [6, 6.07) is 0. The van der Waals surface area contributed by atoms with Gasteiger partial charge in [-0.3, -0.25) is 0 Å². The average molecular weight is 195 g/mol. The zero-order chi connectivity index (χ0) is 10.2. The van der Waals surface area contributed by atoms with Crippen LogP contribution in [0.25, 0.3) is 0 Å². The summed E-state index contributed by atoms with van der Waals surface area (Å²) in [6.07, 6.45) is 8.74. The van der Waals surface area contributed by atoms with Crippen LogP contribution >= 0.6 is 0 Å². The minimum absolute atomic E-state index is 0.490. The summed E-state index contributed by atoms with van der Waals surface area (Å²) >= 11 is 0. The maximum atomic E-state index is 5.66. The number of rotatable bonds is 4. The van der Waals surface area contributed by atoms with Crippen molar-refractivity contribution in [2.45, 2.75) is 52.4 Å². The van der Waals surface area contributed by atoms with Crippen molar-refractivity contribution in [1.82, 2.24) is 0 Å². The summed E-state index contributed by atoms with van der Waals surface area (Å²) in [6.45, 7) is 5.64. The predicted octanol–water partition coefficient (Wildman–Crippen LogP) is 3.19. The third kappa shape index (κ3) is 2.13. The fraction of sp³-hybridized carbons (Fsp3) is 1.00. The van der Waals surface area contributed by atoms with Crippen LogP contribution in [0.2, 0.25) is 0 Å². The topological polar surface area (TPSA) is 26.0 Å². The molecule has 82 valence electrons. The van der Waals surface area contributed by atoms with Crippen molar-refractivity contribution in [2.75, 3.05) is 6.54 Å². The lowest BCUT2D eigenvalue weighted by atomic mass is 9.74. The van der Waals surface area contributed by atoms with Crippen LogP contribution in [0.15, 0.2) is 0 Å². The molecule has 2 aliphatic rings. The van der Waals surface area contributed by atoms with Crippen molar-refractivity contribution in [3.05, 3.63) is 0 Å². The van der Waals surface area contributed by atoms with Gasteiger partial charge in [0.2, 0.25) is 0 Å². The molecule has 0 saturated heterocycles. The maximum Gasteiger partial charge on any atom is -0.00722 e. The van der Waals surface area contributed by atoms with E-state index in [0.29, 0.717) is 5.41 Å². The van der Waals surface area contributed by atoms with Crippen molar-refractivity contribution in [2.24, 2.45) is 28.9 Å². The molecule has 0 amide bonds. The first-order valence-corrected chi connectivity index (χ1v) is 6.31. The van der Waals surface area contributed by atoms with E-state index in [9.17, 15) is 0 Å². The number of hydrogen-bond donors (Lipinski definition) is 1. The van der Waals surface area contributed by atoms with Crippen LogP contribution in [0.3, 0.4) is 0 Å². The van der Waals surface area contributed by atoms with Crippen LogP contribution in [0.4, 0.5) is 0 Å². The first-order chi connectivity index (χ1) is 6.61. The van der Waals surface area contributed by atoms with Crippen molar-refractivity contribution < 1.29 is 0 Å². The van der Waals surface area contributed by atoms with Crippen molar-refractivity contribution in [3.63, 3.8) is 0 Å². The lowest BCUT2D eigenvalue weighted by Gasteiger charge is -2.31. The zero-order valence-electron chi connectivity index (χ0n) is 9.76. The Labute approximate surface area is 88.4 Å². The summed E-state index contributed by atoms with van der Waals surface area (Å²) in [7, 11) is 0. The van der Waals surface area contributed by atoms with E-state index in [4.69, 9.17) is 5.73 Å². The van der Waals surface area contributed by atoms with E-state index in [1.54, 1.807) is 6.42 Å². The molecule has 0 aromatic rings. The molecular formula is C13H25N. The van der Waals surface area contributed by atoms with E-state index in [0.717, 1.165) is 24.3 Å². The van der Waals surface area contributed by atoms with Gasteiger partial charge in [-0.15, -0.1) is 0 Å². The van der Waals surface area contributed by atoms with Crippen molar-refractivity contribution in [1.29, 1.82) is 0 Å². The molecule has 2 aliphatic carbocycles. The molecule has 0 aromatic carbocycles. The lowest BCUT2D eigenvalue weighted by molar-refractivity contribution is 0.198. The third-order valence-corrected chi connectivity index (χ3v) is 4.52. The molecule has 1 heteroatoms. The smallest absolute Gasteiger partial charge is 0.00722 e. The number of fused-ring (bicyclic) bond motifs is 2. The van der Waals surface area contributed by atoms with Gasteiger partial charge in [0.05, 0.1) is 0 Å². The van der Waals surface area contributed by atoms with E-state index in [-0.39, 0.29) is 0 Å². The summed E-state index contributed by atoms with van der Waals surface area (Å²) < 4.78 is 0. The average Bonchev–Trinajstić information content (AvgIpc) is 2.63. The summed E-state index contributed by atoms with van der Waals surface area (Å²) in [5, 5.41) is 0. The molecule has 2 fully saturated rings. The number of hydrogen-bond acceptors (Lipinski definition) is 1. The largest absolute Gasteiger partial charge is 0.330 e. The molecule has 2 rings (SSSR count). The quantitative estimate of drug-likeness (QED) is 0.732. The van der Waals surface area contributed by atoms with Gasteiger partial charge < -0.3 is 5.73 Å². The first kappa shape index (κ1) is 10.5. The maximum absolute atomic E-state index is 5.66. The Hall–Kier alpha value is -0.0400. The molecule has 0 aliphatic heterocycles. The Bertz CT molecular complexity index is 197. The molecule has 2 N–H and O–H groups in total. The van der Waals surface area contributed by atoms with Crippen LogP contribution in [0, 0.1) is 23.2 Å². The van der Waals surface area contributed by atoms with E-state index in [1.807, 2.05) is 0 Å². The fourth-order valence-electron chi connectivity index (χ4n) is 3.83. The van der Waals surface area contributed by atoms with Gasteiger partial charge in [0.15, 0.2) is 0 Å². The zero-order valence-corrected chi connectivity index (χ0v) is 9.76. The molecule has 0 heterocycles. The molecule has 2 bridgehead atoms. The molecule has 2 saturated carbocycles. The van der Waals surface area contributed by atoms with Gasteiger partial charge in [0.25, 0.3) is 0 Å². The molecule has 14 heavy (non-hydrogen) atoms. The fourth-order valence-corrected chi connectivity index (χ4v) is 3.83. The molecule has 3 unspecified atom stereocenters. The van der Waals surface area contributed by atoms with Crippen molar-refractivity contribution in [3.8, 4) is 0 Å². The molecule has 0 radical (unpaired) electrons. The van der Waals surface area contributed by atoms with Gasteiger partial charge in [0, 0.05) is 0 Å². The number of nitrogens with two attached hydrogens (primary N) is 1. The Balaban J connectivity index is 1.86. The Kier molecular flexibility index (Phi) is 2.88. The first-order valence-electron chi connectivity index (χ1n) is 6.31. The van der Waals surface area contributed by atoms with E-state index < -0.39 is 0 Å². The molecule has 0 aromatic heterocycles. The standard InChI is InChI=1S/C13H25N/c1-13(2,5-6-14)9-12-8-10-3-4-11(12)7-10/h10-12H,3-9,14H2,1-2H3. The summed E-state index contributed by atoms with van der Waals surface area (Å²) in [4.78, 5) is 0. The highest BCUT2D eigenvalue weighted by Crippen LogP contribution is 2.52. The normalized spacial score (nSPS) is 36.6. The van der Waals surface area contributed by atoms with Crippen molar-refractivity contribution >= 4 is 0 Å². The molecule has 3 atom stereocenters. The van der Waals surface area contributed by atoms with Gasteiger partial charge >= 0.3 is 0 Å². The monoisotopic (exact) mass is 195 g/mol. The molecule has 1 nitrogen and oxygen atoms in total. The summed E-state index contributed by atoms with van der Waals surface area (Å²) in [5.74, 6) is 3.21. The highest BCUT2D eigenvalue weighted by Gasteiger charge is 2.41. The second-order valence-corrected chi connectivity index (χ2v) is 6.34.